The first-order chi connectivity index (χ1) is 6.13. The quantitative estimate of drug-likeness (QED) is 0.911. The Morgan fingerprint density at radius 3 is 2.77 bits per heavy atom. The lowest BCUT2D eigenvalue weighted by Crippen LogP contribution is -2.15. The van der Waals surface area contributed by atoms with Gasteiger partial charge in [0.1, 0.15) is 0 Å². The predicted molar refractivity (Wildman–Crippen MR) is 58.0 cm³/mol. The summed E-state index contributed by atoms with van der Waals surface area (Å²) in [6.07, 6.45) is 0. The standard InChI is InChI=1S/C9H11BrClNO/c1-13-5-9(12)6-2-7(10)4-8(11)3-6/h2-4,9H,5,12H2,1H3/t9-/m1/s1. The van der Waals surface area contributed by atoms with Crippen LogP contribution in [0, 0.1) is 0 Å². The van der Waals surface area contributed by atoms with E-state index in [0.29, 0.717) is 11.6 Å². The molecular weight excluding hydrogens is 253 g/mol. The summed E-state index contributed by atoms with van der Waals surface area (Å²) in [4.78, 5) is 0. The third-order valence-electron chi connectivity index (χ3n) is 1.66. The number of hydrogen-bond acceptors (Lipinski definition) is 2. The van der Waals surface area contributed by atoms with Crippen LogP contribution in [0.15, 0.2) is 22.7 Å². The first-order valence-corrected chi connectivity index (χ1v) is 5.01. The molecule has 2 N–H and O–H groups in total. The van der Waals surface area contributed by atoms with Crippen molar-refractivity contribution in [3.8, 4) is 0 Å². The van der Waals surface area contributed by atoms with Gasteiger partial charge < -0.3 is 10.5 Å². The molecule has 0 aliphatic carbocycles. The Balaban J connectivity index is 2.87. The zero-order valence-corrected chi connectivity index (χ0v) is 9.60. The lowest BCUT2D eigenvalue weighted by Gasteiger charge is -2.11. The second kappa shape index (κ2) is 4.96. The van der Waals surface area contributed by atoms with Crippen molar-refractivity contribution in [3.63, 3.8) is 0 Å². The van der Waals surface area contributed by atoms with Crippen LogP contribution in [0.2, 0.25) is 5.02 Å². The van der Waals surface area contributed by atoms with E-state index in [1.807, 2.05) is 18.2 Å². The van der Waals surface area contributed by atoms with Gasteiger partial charge >= 0.3 is 0 Å². The predicted octanol–water partition coefficient (Wildman–Crippen LogP) is 2.75. The normalized spacial score (nSPS) is 12.9. The molecule has 0 spiro atoms. The third-order valence-corrected chi connectivity index (χ3v) is 2.34. The maximum Gasteiger partial charge on any atom is 0.0655 e. The second-order valence-corrected chi connectivity index (χ2v) is 4.12. The Morgan fingerprint density at radius 2 is 2.23 bits per heavy atom. The maximum absolute atomic E-state index is 5.87. The van der Waals surface area contributed by atoms with Crippen LogP contribution >= 0.6 is 27.5 Å². The van der Waals surface area contributed by atoms with Crippen molar-refractivity contribution in [2.45, 2.75) is 6.04 Å². The number of benzene rings is 1. The van der Waals surface area contributed by atoms with Crippen LogP contribution in [0.4, 0.5) is 0 Å². The molecule has 0 heterocycles. The number of hydrogen-bond donors (Lipinski definition) is 1. The van der Waals surface area contributed by atoms with Crippen molar-refractivity contribution in [1.29, 1.82) is 0 Å². The van der Waals surface area contributed by atoms with E-state index in [0.717, 1.165) is 10.0 Å². The highest BCUT2D eigenvalue weighted by atomic mass is 79.9. The largest absolute Gasteiger partial charge is 0.383 e. The van der Waals surface area contributed by atoms with Crippen molar-refractivity contribution in [3.05, 3.63) is 33.3 Å². The van der Waals surface area contributed by atoms with Gasteiger partial charge in [0, 0.05) is 16.6 Å². The first-order valence-electron chi connectivity index (χ1n) is 3.84. The molecule has 0 aliphatic heterocycles. The molecule has 1 aromatic rings. The Hall–Kier alpha value is -0.0900. The number of rotatable bonds is 3. The molecule has 0 fully saturated rings. The van der Waals surface area contributed by atoms with Gasteiger partial charge in [0.05, 0.1) is 12.6 Å². The molecule has 0 aliphatic rings. The van der Waals surface area contributed by atoms with E-state index in [9.17, 15) is 0 Å². The summed E-state index contributed by atoms with van der Waals surface area (Å²) in [6, 6.07) is 5.48. The third kappa shape index (κ3) is 3.27. The number of ether oxygens (including phenoxy) is 1. The minimum absolute atomic E-state index is 0.125. The summed E-state index contributed by atoms with van der Waals surface area (Å²) >= 11 is 9.22. The van der Waals surface area contributed by atoms with Crippen LogP contribution < -0.4 is 5.73 Å². The van der Waals surface area contributed by atoms with Gasteiger partial charge in [-0.2, -0.15) is 0 Å². The summed E-state index contributed by atoms with van der Waals surface area (Å²) in [5.74, 6) is 0. The molecule has 2 nitrogen and oxygen atoms in total. The molecule has 1 atom stereocenters. The second-order valence-electron chi connectivity index (χ2n) is 2.76. The maximum atomic E-state index is 5.87. The van der Waals surface area contributed by atoms with Gasteiger partial charge in [-0.25, -0.2) is 0 Å². The van der Waals surface area contributed by atoms with Gasteiger partial charge in [-0.1, -0.05) is 27.5 Å². The molecule has 4 heteroatoms. The Bertz CT molecular complexity index is 273. The van der Waals surface area contributed by atoms with Gasteiger partial charge in [0.15, 0.2) is 0 Å². The molecule has 13 heavy (non-hydrogen) atoms. The summed E-state index contributed by atoms with van der Waals surface area (Å²) in [5.41, 5.74) is 6.81. The van der Waals surface area contributed by atoms with E-state index in [-0.39, 0.29) is 6.04 Å². The number of nitrogens with two attached hydrogens (primary N) is 1. The van der Waals surface area contributed by atoms with Crippen LogP contribution in [-0.4, -0.2) is 13.7 Å². The minimum Gasteiger partial charge on any atom is -0.383 e. The highest BCUT2D eigenvalue weighted by Crippen LogP contribution is 2.22. The van der Waals surface area contributed by atoms with Crippen LogP contribution in [-0.2, 0) is 4.74 Å². The number of methoxy groups -OCH3 is 1. The summed E-state index contributed by atoms with van der Waals surface area (Å²) in [5, 5.41) is 0.677. The Kier molecular flexibility index (Phi) is 4.19. The lowest BCUT2D eigenvalue weighted by atomic mass is 10.1. The van der Waals surface area contributed by atoms with Crippen molar-refractivity contribution in [1.82, 2.24) is 0 Å². The first kappa shape index (κ1) is 11.0. The molecule has 1 aromatic carbocycles. The molecule has 1 rings (SSSR count). The summed E-state index contributed by atoms with van der Waals surface area (Å²) < 4.78 is 5.89. The highest BCUT2D eigenvalue weighted by Gasteiger charge is 2.06. The topological polar surface area (TPSA) is 35.2 Å². The summed E-state index contributed by atoms with van der Waals surface area (Å²) in [6.45, 7) is 0.493. The fraction of sp³-hybridized carbons (Fsp3) is 0.333. The van der Waals surface area contributed by atoms with Crippen LogP contribution in [0.5, 0.6) is 0 Å². The minimum atomic E-state index is -0.125. The number of halogens is 2. The van der Waals surface area contributed by atoms with Crippen molar-refractivity contribution >= 4 is 27.5 Å². The molecular formula is C9H11BrClNO. The lowest BCUT2D eigenvalue weighted by molar-refractivity contribution is 0.181. The SMILES string of the molecule is COC[C@@H](N)c1cc(Cl)cc(Br)c1. The van der Waals surface area contributed by atoms with Crippen molar-refractivity contribution in [2.75, 3.05) is 13.7 Å². The van der Waals surface area contributed by atoms with Gasteiger partial charge in [-0.3, -0.25) is 0 Å². The Labute approximate surface area is 91.2 Å². The molecule has 0 aromatic heterocycles. The van der Waals surface area contributed by atoms with Gasteiger partial charge in [-0.15, -0.1) is 0 Å². The zero-order valence-electron chi connectivity index (χ0n) is 7.26. The van der Waals surface area contributed by atoms with E-state index in [1.54, 1.807) is 7.11 Å². The van der Waals surface area contributed by atoms with Crippen molar-refractivity contribution < 1.29 is 4.74 Å². The smallest absolute Gasteiger partial charge is 0.0655 e. The van der Waals surface area contributed by atoms with E-state index in [1.165, 1.54) is 0 Å². The molecule has 0 saturated carbocycles. The van der Waals surface area contributed by atoms with Crippen molar-refractivity contribution in [2.24, 2.45) is 5.73 Å². The highest BCUT2D eigenvalue weighted by molar-refractivity contribution is 9.10. The Morgan fingerprint density at radius 1 is 1.54 bits per heavy atom. The van der Waals surface area contributed by atoms with E-state index >= 15 is 0 Å². The monoisotopic (exact) mass is 263 g/mol. The average Bonchev–Trinajstić information content (AvgIpc) is 2.03. The van der Waals surface area contributed by atoms with Crippen LogP contribution in [0.1, 0.15) is 11.6 Å². The zero-order chi connectivity index (χ0) is 9.84. The van der Waals surface area contributed by atoms with Crippen LogP contribution in [0.3, 0.4) is 0 Å². The van der Waals surface area contributed by atoms with Gasteiger partial charge in [0.2, 0.25) is 0 Å². The molecule has 0 radical (unpaired) electrons. The molecule has 72 valence electrons. The van der Waals surface area contributed by atoms with Gasteiger partial charge in [-0.05, 0) is 23.8 Å². The van der Waals surface area contributed by atoms with E-state index in [2.05, 4.69) is 15.9 Å². The van der Waals surface area contributed by atoms with Crippen LogP contribution in [0.25, 0.3) is 0 Å². The van der Waals surface area contributed by atoms with E-state index < -0.39 is 0 Å². The van der Waals surface area contributed by atoms with E-state index in [4.69, 9.17) is 22.1 Å². The molecule has 0 amide bonds. The van der Waals surface area contributed by atoms with Gasteiger partial charge in [0.25, 0.3) is 0 Å². The fourth-order valence-electron chi connectivity index (χ4n) is 1.07. The fourth-order valence-corrected chi connectivity index (χ4v) is 1.95. The molecule has 0 saturated heterocycles. The molecule has 0 bridgehead atoms. The average molecular weight is 265 g/mol. The molecule has 0 unspecified atom stereocenters. The summed E-state index contributed by atoms with van der Waals surface area (Å²) in [7, 11) is 1.62.